The van der Waals surface area contributed by atoms with Crippen LogP contribution in [0.15, 0.2) is 113 Å². The molecule has 0 bridgehead atoms. The fourth-order valence-electron chi connectivity index (χ4n) is 4.69. The maximum Gasteiger partial charge on any atom is 0.311 e. The van der Waals surface area contributed by atoms with Gasteiger partial charge in [-0.1, -0.05) is 73.1 Å². The molecule has 0 aliphatic carbocycles. The van der Waals surface area contributed by atoms with E-state index in [1.54, 1.807) is 24.3 Å². The summed E-state index contributed by atoms with van der Waals surface area (Å²) in [5.74, 6) is -0.0201. The molecule has 6 nitrogen and oxygen atoms in total. The first kappa shape index (κ1) is 31.4. The fourth-order valence-corrected chi connectivity index (χ4v) is 6.15. The highest BCUT2D eigenvalue weighted by Crippen LogP contribution is 2.25. The maximum atomic E-state index is 13.2. The van der Waals surface area contributed by atoms with Crippen LogP contribution in [0.5, 0.6) is 5.75 Å². The van der Waals surface area contributed by atoms with Crippen LogP contribution >= 0.6 is 11.6 Å². The van der Waals surface area contributed by atoms with Crippen LogP contribution in [0, 0.1) is 0 Å². The Balaban J connectivity index is 1.37. The molecular weight excluding hydrogens is 570 g/mol. The standard InChI is InChI=1S/C34H36ClNO5S/c1-2-8-34(38)41-30-16-20-32(21-17-30)42(39,40)31-18-14-26(15-19-31)11-7-22-36(24-27-9-4-3-5-10-27)25-33(37)28-12-6-13-29(35)23-28/h3-6,9-10,12-21,23,33,37H,2,7-8,11,22,24-25H2,1H3. The summed E-state index contributed by atoms with van der Waals surface area (Å²) in [5.41, 5.74) is 2.98. The molecule has 4 aromatic rings. The summed E-state index contributed by atoms with van der Waals surface area (Å²) in [6.45, 7) is 3.80. The highest BCUT2D eigenvalue weighted by atomic mass is 35.5. The Morgan fingerprint density at radius 1 is 0.881 bits per heavy atom. The topological polar surface area (TPSA) is 83.9 Å². The van der Waals surface area contributed by atoms with E-state index in [0.717, 1.165) is 36.1 Å². The molecule has 4 aromatic carbocycles. The number of carbonyl (C=O) groups is 1. The highest BCUT2D eigenvalue weighted by molar-refractivity contribution is 7.91. The fraction of sp³-hybridized carbons (Fsp3) is 0.265. The molecule has 0 radical (unpaired) electrons. The van der Waals surface area contributed by atoms with Gasteiger partial charge in [-0.25, -0.2) is 8.42 Å². The van der Waals surface area contributed by atoms with Crippen LogP contribution in [0.2, 0.25) is 5.02 Å². The molecule has 1 atom stereocenters. The first-order valence-electron chi connectivity index (χ1n) is 14.1. The first-order chi connectivity index (χ1) is 20.2. The molecule has 0 amide bonds. The van der Waals surface area contributed by atoms with E-state index in [-0.39, 0.29) is 15.8 Å². The van der Waals surface area contributed by atoms with Gasteiger partial charge in [0.2, 0.25) is 9.84 Å². The lowest BCUT2D eigenvalue weighted by molar-refractivity contribution is -0.134. The number of ether oxygens (including phenoxy) is 1. The number of rotatable bonds is 14. The SMILES string of the molecule is CCCC(=O)Oc1ccc(S(=O)(=O)c2ccc(CCCN(Cc3ccccc3)CC(O)c3cccc(Cl)c3)cc2)cc1. The summed E-state index contributed by atoms with van der Waals surface area (Å²) in [6.07, 6.45) is 1.91. The molecule has 4 rings (SSSR count). The highest BCUT2D eigenvalue weighted by Gasteiger charge is 2.18. The van der Waals surface area contributed by atoms with Crippen molar-refractivity contribution in [3.05, 3.63) is 125 Å². The monoisotopic (exact) mass is 605 g/mol. The molecule has 0 aliphatic rings. The van der Waals surface area contributed by atoms with Gasteiger partial charge in [-0.15, -0.1) is 0 Å². The molecule has 0 fully saturated rings. The predicted molar refractivity (Wildman–Crippen MR) is 165 cm³/mol. The minimum atomic E-state index is -3.71. The van der Waals surface area contributed by atoms with Gasteiger partial charge >= 0.3 is 5.97 Å². The van der Waals surface area contributed by atoms with Crippen molar-refractivity contribution in [1.82, 2.24) is 4.90 Å². The van der Waals surface area contributed by atoms with E-state index in [1.165, 1.54) is 24.3 Å². The van der Waals surface area contributed by atoms with Gasteiger partial charge in [-0.2, -0.15) is 0 Å². The number of esters is 1. The third kappa shape index (κ3) is 9.00. The second-order valence-corrected chi connectivity index (χ2v) is 12.6. The molecule has 8 heteroatoms. The van der Waals surface area contributed by atoms with Crippen LogP contribution in [0.3, 0.4) is 0 Å². The molecule has 1 N–H and O–H groups in total. The van der Waals surface area contributed by atoms with Crippen LogP contribution in [0.4, 0.5) is 0 Å². The van der Waals surface area contributed by atoms with Gasteiger partial charge in [-0.05, 0) is 91.0 Å². The lowest BCUT2D eigenvalue weighted by Gasteiger charge is -2.25. The maximum absolute atomic E-state index is 13.2. The Bertz CT molecular complexity index is 1540. The lowest BCUT2D eigenvalue weighted by atomic mass is 10.1. The minimum Gasteiger partial charge on any atom is -0.427 e. The summed E-state index contributed by atoms with van der Waals surface area (Å²) in [6, 6.07) is 30.3. The third-order valence-corrected chi connectivity index (χ3v) is 8.93. The van der Waals surface area contributed by atoms with Gasteiger partial charge in [0.15, 0.2) is 0 Å². The summed E-state index contributed by atoms with van der Waals surface area (Å²) in [5, 5.41) is 11.5. The Kier molecular flexibility index (Phi) is 11.3. The van der Waals surface area contributed by atoms with Crippen LogP contribution in [-0.4, -0.2) is 37.5 Å². The van der Waals surface area contributed by atoms with Crippen molar-refractivity contribution in [2.75, 3.05) is 13.1 Å². The Labute approximate surface area is 253 Å². The van der Waals surface area contributed by atoms with Gasteiger partial charge in [0.05, 0.1) is 15.9 Å². The molecule has 1 unspecified atom stereocenters. The van der Waals surface area contributed by atoms with E-state index >= 15 is 0 Å². The molecule has 0 saturated carbocycles. The van der Waals surface area contributed by atoms with Crippen molar-refractivity contribution in [2.45, 2.75) is 55.0 Å². The van der Waals surface area contributed by atoms with Gasteiger partial charge in [0.1, 0.15) is 5.75 Å². The first-order valence-corrected chi connectivity index (χ1v) is 16.0. The molecule has 0 saturated heterocycles. The van der Waals surface area contributed by atoms with E-state index in [1.807, 2.05) is 49.4 Å². The number of sulfone groups is 1. The quantitative estimate of drug-likeness (QED) is 0.122. The van der Waals surface area contributed by atoms with Crippen LogP contribution < -0.4 is 4.74 Å². The minimum absolute atomic E-state index is 0.139. The number of benzene rings is 4. The Morgan fingerprint density at radius 3 is 2.19 bits per heavy atom. The van der Waals surface area contributed by atoms with Crippen molar-refractivity contribution in [3.63, 3.8) is 0 Å². The van der Waals surface area contributed by atoms with Crippen molar-refractivity contribution in [3.8, 4) is 5.75 Å². The van der Waals surface area contributed by atoms with Gasteiger partial charge < -0.3 is 9.84 Å². The smallest absolute Gasteiger partial charge is 0.311 e. The summed E-state index contributed by atoms with van der Waals surface area (Å²) >= 11 is 6.13. The number of aryl methyl sites for hydroxylation is 1. The van der Waals surface area contributed by atoms with E-state index in [9.17, 15) is 18.3 Å². The summed E-state index contributed by atoms with van der Waals surface area (Å²) in [4.78, 5) is 14.3. The van der Waals surface area contributed by atoms with Crippen LogP contribution in [0.25, 0.3) is 0 Å². The van der Waals surface area contributed by atoms with Gasteiger partial charge in [-0.3, -0.25) is 9.69 Å². The Morgan fingerprint density at radius 2 is 1.55 bits per heavy atom. The predicted octanol–water partition coefficient (Wildman–Crippen LogP) is 7.05. The number of hydrogen-bond donors (Lipinski definition) is 1. The van der Waals surface area contributed by atoms with E-state index in [2.05, 4.69) is 17.0 Å². The van der Waals surface area contributed by atoms with Crippen LogP contribution in [0.1, 0.15) is 49.0 Å². The zero-order valence-electron chi connectivity index (χ0n) is 23.7. The van der Waals surface area contributed by atoms with Gasteiger partial charge in [0.25, 0.3) is 0 Å². The zero-order chi connectivity index (χ0) is 30.0. The summed E-state index contributed by atoms with van der Waals surface area (Å²) in [7, 11) is -3.71. The van der Waals surface area contributed by atoms with Crippen molar-refractivity contribution >= 4 is 27.4 Å². The van der Waals surface area contributed by atoms with E-state index < -0.39 is 15.9 Å². The number of aliphatic hydroxyl groups is 1. The van der Waals surface area contributed by atoms with Gasteiger partial charge in [0, 0.05) is 24.5 Å². The number of aliphatic hydroxyl groups excluding tert-OH is 1. The summed E-state index contributed by atoms with van der Waals surface area (Å²) < 4.78 is 31.5. The lowest BCUT2D eigenvalue weighted by Crippen LogP contribution is -2.29. The van der Waals surface area contributed by atoms with E-state index in [0.29, 0.717) is 36.7 Å². The largest absolute Gasteiger partial charge is 0.427 e. The Hall–Kier alpha value is -3.49. The third-order valence-electron chi connectivity index (χ3n) is 6.91. The number of nitrogens with zero attached hydrogens (tertiary/aromatic N) is 1. The van der Waals surface area contributed by atoms with Crippen molar-refractivity contribution in [2.24, 2.45) is 0 Å². The number of hydrogen-bond acceptors (Lipinski definition) is 6. The molecule has 0 aromatic heterocycles. The average Bonchev–Trinajstić information content (AvgIpc) is 2.98. The molecular formula is C34H36ClNO5S. The van der Waals surface area contributed by atoms with Crippen molar-refractivity contribution in [1.29, 1.82) is 0 Å². The molecule has 0 spiro atoms. The molecule has 0 heterocycles. The van der Waals surface area contributed by atoms with Crippen LogP contribution in [-0.2, 0) is 27.6 Å². The normalized spacial score (nSPS) is 12.3. The van der Waals surface area contributed by atoms with Crippen molar-refractivity contribution < 1.29 is 23.1 Å². The second kappa shape index (κ2) is 15.1. The number of halogens is 1. The molecule has 0 aliphatic heterocycles. The molecule has 42 heavy (non-hydrogen) atoms. The average molecular weight is 606 g/mol. The van der Waals surface area contributed by atoms with E-state index in [4.69, 9.17) is 16.3 Å². The number of carbonyl (C=O) groups excluding carboxylic acids is 1. The zero-order valence-corrected chi connectivity index (χ0v) is 25.2. The second-order valence-electron chi connectivity index (χ2n) is 10.2. The molecule has 220 valence electrons.